The minimum absolute atomic E-state index is 0.0972. The van der Waals surface area contributed by atoms with Gasteiger partial charge in [-0.2, -0.15) is 0 Å². The monoisotopic (exact) mass is 357 g/mol. The summed E-state index contributed by atoms with van der Waals surface area (Å²) < 4.78 is 9.87. The van der Waals surface area contributed by atoms with Crippen LogP contribution in [0.25, 0.3) is 0 Å². The SMILES string of the molecule is COC(=O)c1cc(C(=O)Oc2ccc(C(C)C)c(C)c2)cc([N+](=O)[O-])c1. The van der Waals surface area contributed by atoms with E-state index in [1.54, 1.807) is 12.1 Å². The van der Waals surface area contributed by atoms with Gasteiger partial charge in [0, 0.05) is 12.1 Å². The highest BCUT2D eigenvalue weighted by molar-refractivity contribution is 5.97. The van der Waals surface area contributed by atoms with Crippen molar-refractivity contribution in [3.63, 3.8) is 0 Å². The maximum atomic E-state index is 12.4. The van der Waals surface area contributed by atoms with Gasteiger partial charge in [-0.3, -0.25) is 10.1 Å². The number of carbonyl (C=O) groups is 2. The zero-order valence-electron chi connectivity index (χ0n) is 14.9. The third-order valence-electron chi connectivity index (χ3n) is 3.86. The van der Waals surface area contributed by atoms with E-state index in [-0.39, 0.29) is 11.1 Å². The molecule has 0 heterocycles. The van der Waals surface area contributed by atoms with Crippen LogP contribution in [-0.4, -0.2) is 24.0 Å². The van der Waals surface area contributed by atoms with E-state index < -0.39 is 22.5 Å². The standard InChI is InChI=1S/C19H19NO6/c1-11(2)17-6-5-16(7-12(17)3)26-19(22)14-8-13(18(21)25-4)9-15(10-14)20(23)24/h5-11H,1-4H3. The van der Waals surface area contributed by atoms with Crippen molar-refractivity contribution in [1.29, 1.82) is 0 Å². The van der Waals surface area contributed by atoms with Crippen LogP contribution in [0.5, 0.6) is 5.75 Å². The van der Waals surface area contributed by atoms with Crippen LogP contribution < -0.4 is 4.74 Å². The molecule has 0 aromatic heterocycles. The topological polar surface area (TPSA) is 95.7 Å². The second kappa shape index (κ2) is 7.77. The smallest absolute Gasteiger partial charge is 0.343 e. The number of hydrogen-bond acceptors (Lipinski definition) is 6. The lowest BCUT2D eigenvalue weighted by Gasteiger charge is -2.12. The number of rotatable bonds is 5. The van der Waals surface area contributed by atoms with Crippen LogP contribution in [0.4, 0.5) is 5.69 Å². The van der Waals surface area contributed by atoms with E-state index in [9.17, 15) is 19.7 Å². The Morgan fingerprint density at radius 3 is 2.15 bits per heavy atom. The molecular weight excluding hydrogens is 338 g/mol. The zero-order chi connectivity index (χ0) is 19.4. The summed E-state index contributed by atoms with van der Waals surface area (Å²) in [5.74, 6) is -0.919. The Balaban J connectivity index is 2.34. The van der Waals surface area contributed by atoms with Crippen molar-refractivity contribution in [2.75, 3.05) is 7.11 Å². The molecule has 0 bridgehead atoms. The van der Waals surface area contributed by atoms with Gasteiger partial charge in [-0.1, -0.05) is 19.9 Å². The number of esters is 2. The predicted molar refractivity (Wildman–Crippen MR) is 94.7 cm³/mol. The Morgan fingerprint density at radius 2 is 1.65 bits per heavy atom. The molecule has 0 N–H and O–H groups in total. The maximum Gasteiger partial charge on any atom is 0.343 e. The highest BCUT2D eigenvalue weighted by Gasteiger charge is 2.20. The lowest BCUT2D eigenvalue weighted by atomic mass is 9.98. The van der Waals surface area contributed by atoms with Crippen molar-refractivity contribution >= 4 is 17.6 Å². The summed E-state index contributed by atoms with van der Waals surface area (Å²) in [6.07, 6.45) is 0. The van der Waals surface area contributed by atoms with Crippen LogP contribution in [-0.2, 0) is 4.74 Å². The predicted octanol–water partition coefficient (Wildman–Crippen LogP) is 4.03. The Hall–Kier alpha value is -3.22. The van der Waals surface area contributed by atoms with E-state index in [4.69, 9.17) is 4.74 Å². The average molecular weight is 357 g/mol. The van der Waals surface area contributed by atoms with Crippen LogP contribution in [0.3, 0.4) is 0 Å². The first-order chi connectivity index (χ1) is 12.2. The van der Waals surface area contributed by atoms with E-state index in [2.05, 4.69) is 18.6 Å². The van der Waals surface area contributed by atoms with Gasteiger partial charge in [-0.05, 0) is 42.2 Å². The third-order valence-corrected chi connectivity index (χ3v) is 3.86. The Morgan fingerprint density at radius 1 is 1.04 bits per heavy atom. The number of benzene rings is 2. The fraction of sp³-hybridized carbons (Fsp3) is 0.263. The third kappa shape index (κ3) is 4.24. The molecule has 0 radical (unpaired) electrons. The Kier molecular flexibility index (Phi) is 5.71. The number of nitrogens with zero attached hydrogens (tertiary/aromatic N) is 1. The van der Waals surface area contributed by atoms with Crippen molar-refractivity contribution in [2.45, 2.75) is 26.7 Å². The fourth-order valence-electron chi connectivity index (χ4n) is 2.60. The molecule has 136 valence electrons. The molecule has 7 heteroatoms. The van der Waals surface area contributed by atoms with Crippen LogP contribution in [0, 0.1) is 17.0 Å². The molecule has 7 nitrogen and oxygen atoms in total. The van der Waals surface area contributed by atoms with Gasteiger partial charge in [0.15, 0.2) is 0 Å². The molecule has 0 fully saturated rings. The number of non-ortho nitro benzene ring substituents is 1. The van der Waals surface area contributed by atoms with Gasteiger partial charge < -0.3 is 9.47 Å². The average Bonchev–Trinajstić information content (AvgIpc) is 2.60. The van der Waals surface area contributed by atoms with Crippen molar-refractivity contribution in [3.05, 3.63) is 68.8 Å². The highest BCUT2D eigenvalue weighted by Crippen LogP contribution is 2.25. The summed E-state index contributed by atoms with van der Waals surface area (Å²) >= 11 is 0. The summed E-state index contributed by atoms with van der Waals surface area (Å²) in [4.78, 5) is 34.4. The lowest BCUT2D eigenvalue weighted by Crippen LogP contribution is -2.12. The summed E-state index contributed by atoms with van der Waals surface area (Å²) in [7, 11) is 1.15. The van der Waals surface area contributed by atoms with E-state index >= 15 is 0 Å². The van der Waals surface area contributed by atoms with E-state index in [1.807, 2.05) is 13.0 Å². The number of hydrogen-bond donors (Lipinski definition) is 0. The molecule has 0 saturated carbocycles. The maximum absolute atomic E-state index is 12.4. The van der Waals surface area contributed by atoms with Gasteiger partial charge in [-0.15, -0.1) is 0 Å². The molecular formula is C19H19NO6. The molecule has 2 rings (SSSR count). The Bertz CT molecular complexity index is 872. The largest absolute Gasteiger partial charge is 0.465 e. The van der Waals surface area contributed by atoms with Crippen molar-refractivity contribution in [2.24, 2.45) is 0 Å². The minimum atomic E-state index is -0.796. The second-order valence-electron chi connectivity index (χ2n) is 6.08. The van der Waals surface area contributed by atoms with Crippen molar-refractivity contribution < 1.29 is 24.0 Å². The summed E-state index contributed by atoms with van der Waals surface area (Å²) in [5.41, 5.74) is 1.50. The first kappa shape index (κ1) is 19.1. The van der Waals surface area contributed by atoms with Crippen LogP contribution in [0.2, 0.25) is 0 Å². The number of aryl methyl sites for hydroxylation is 1. The lowest BCUT2D eigenvalue weighted by molar-refractivity contribution is -0.384. The van der Waals surface area contributed by atoms with E-state index in [0.717, 1.165) is 30.4 Å². The quantitative estimate of drug-likeness (QED) is 0.347. The summed E-state index contributed by atoms with van der Waals surface area (Å²) in [5, 5.41) is 11.0. The molecule has 0 aliphatic heterocycles. The van der Waals surface area contributed by atoms with Crippen LogP contribution >= 0.6 is 0 Å². The summed E-state index contributed by atoms with van der Waals surface area (Å²) in [6, 6.07) is 8.57. The second-order valence-corrected chi connectivity index (χ2v) is 6.08. The molecule has 0 saturated heterocycles. The zero-order valence-corrected chi connectivity index (χ0v) is 14.9. The molecule has 0 aliphatic rings. The molecule has 0 aliphatic carbocycles. The van der Waals surface area contributed by atoms with Gasteiger partial charge >= 0.3 is 11.9 Å². The number of nitro benzene ring substituents is 1. The van der Waals surface area contributed by atoms with Gasteiger partial charge in [0.25, 0.3) is 5.69 Å². The first-order valence-electron chi connectivity index (χ1n) is 7.93. The van der Waals surface area contributed by atoms with Gasteiger partial charge in [-0.25, -0.2) is 9.59 Å². The van der Waals surface area contributed by atoms with Gasteiger partial charge in [0.05, 0.1) is 23.2 Å². The molecule has 26 heavy (non-hydrogen) atoms. The molecule has 0 unspecified atom stereocenters. The van der Waals surface area contributed by atoms with Gasteiger partial charge in [0.2, 0.25) is 0 Å². The number of nitro groups is 1. The molecule has 2 aromatic carbocycles. The number of carbonyl (C=O) groups excluding carboxylic acids is 2. The van der Waals surface area contributed by atoms with Gasteiger partial charge in [0.1, 0.15) is 5.75 Å². The van der Waals surface area contributed by atoms with Crippen LogP contribution in [0.1, 0.15) is 51.6 Å². The van der Waals surface area contributed by atoms with Crippen molar-refractivity contribution in [3.8, 4) is 5.75 Å². The molecule has 0 atom stereocenters. The molecule has 2 aromatic rings. The summed E-state index contributed by atoms with van der Waals surface area (Å²) in [6.45, 7) is 6.03. The number of ether oxygens (including phenoxy) is 2. The fourth-order valence-corrected chi connectivity index (χ4v) is 2.60. The minimum Gasteiger partial charge on any atom is -0.465 e. The highest BCUT2D eigenvalue weighted by atomic mass is 16.6. The first-order valence-corrected chi connectivity index (χ1v) is 7.93. The number of methoxy groups -OCH3 is 1. The normalized spacial score (nSPS) is 10.5. The van der Waals surface area contributed by atoms with Crippen LogP contribution in [0.15, 0.2) is 36.4 Å². The van der Waals surface area contributed by atoms with E-state index in [0.29, 0.717) is 11.7 Å². The molecule has 0 amide bonds. The van der Waals surface area contributed by atoms with Crippen molar-refractivity contribution in [1.82, 2.24) is 0 Å². The Labute approximate surface area is 150 Å². The van der Waals surface area contributed by atoms with E-state index in [1.165, 1.54) is 6.07 Å². The molecule has 0 spiro atoms.